The molecule has 1 amide bonds. The lowest BCUT2D eigenvalue weighted by Crippen LogP contribution is -2.20. The van der Waals surface area contributed by atoms with E-state index in [1.165, 1.54) is 23.0 Å². The van der Waals surface area contributed by atoms with Crippen LogP contribution in [0.25, 0.3) is 17.3 Å². The van der Waals surface area contributed by atoms with Crippen molar-refractivity contribution in [1.82, 2.24) is 4.98 Å². The van der Waals surface area contributed by atoms with Gasteiger partial charge in [-0.15, -0.1) is 11.3 Å². The number of benzene rings is 2. The molecule has 142 valence electrons. The Hall–Kier alpha value is -3.25. The third-order valence-electron chi connectivity index (χ3n) is 3.93. The Labute approximate surface area is 167 Å². The molecule has 0 aliphatic heterocycles. The number of nitrogens with zero attached hydrogens (tertiary/aromatic N) is 1. The van der Waals surface area contributed by atoms with Crippen LogP contribution in [0, 0.1) is 13.8 Å². The summed E-state index contributed by atoms with van der Waals surface area (Å²) >= 11 is 1.32. The predicted octanol–water partition coefficient (Wildman–Crippen LogP) is 4.62. The molecule has 0 atom stereocenters. The van der Waals surface area contributed by atoms with Crippen molar-refractivity contribution in [3.8, 4) is 11.3 Å². The largest absolute Gasteiger partial charge is 0.452 e. The smallest absolute Gasteiger partial charge is 0.331 e. The van der Waals surface area contributed by atoms with Crippen molar-refractivity contribution >= 4 is 34.4 Å². The van der Waals surface area contributed by atoms with E-state index in [0.717, 1.165) is 22.4 Å². The van der Waals surface area contributed by atoms with Crippen LogP contribution in [0.5, 0.6) is 0 Å². The molecule has 3 rings (SSSR count). The van der Waals surface area contributed by atoms with Crippen molar-refractivity contribution in [3.05, 3.63) is 76.7 Å². The van der Waals surface area contributed by atoms with Crippen LogP contribution in [-0.4, -0.2) is 23.5 Å². The molecule has 0 saturated heterocycles. The number of thiazole rings is 1. The molecule has 0 saturated carbocycles. The van der Waals surface area contributed by atoms with Crippen molar-refractivity contribution in [3.63, 3.8) is 0 Å². The monoisotopic (exact) mass is 392 g/mol. The lowest BCUT2D eigenvalue weighted by Gasteiger charge is -2.02. The molecule has 0 fully saturated rings. The molecule has 0 bridgehead atoms. The van der Waals surface area contributed by atoms with Gasteiger partial charge >= 0.3 is 5.97 Å². The minimum atomic E-state index is -0.574. The molecule has 6 heteroatoms. The van der Waals surface area contributed by atoms with Crippen molar-refractivity contribution in [1.29, 1.82) is 0 Å². The molecular formula is C22H20N2O3S. The number of carbonyl (C=O) groups is 2. The van der Waals surface area contributed by atoms with Gasteiger partial charge in [-0.2, -0.15) is 0 Å². The summed E-state index contributed by atoms with van der Waals surface area (Å²) in [5, 5.41) is 4.98. The number of aryl methyl sites for hydroxylation is 2. The molecule has 1 heterocycles. The Morgan fingerprint density at radius 2 is 1.68 bits per heavy atom. The SMILES string of the molecule is Cc1ccc(/C=C/C(=O)OCC(=O)Nc2nc(-c3ccc(C)cc3)cs2)cc1. The van der Waals surface area contributed by atoms with Crippen LogP contribution in [0.3, 0.4) is 0 Å². The molecule has 28 heavy (non-hydrogen) atoms. The summed E-state index contributed by atoms with van der Waals surface area (Å²) in [5.74, 6) is -1.00. The summed E-state index contributed by atoms with van der Waals surface area (Å²) in [5.41, 5.74) is 4.97. The zero-order valence-electron chi connectivity index (χ0n) is 15.6. The van der Waals surface area contributed by atoms with Gasteiger partial charge in [0.15, 0.2) is 11.7 Å². The Morgan fingerprint density at radius 1 is 1.04 bits per heavy atom. The number of amides is 1. The fraction of sp³-hybridized carbons (Fsp3) is 0.136. The van der Waals surface area contributed by atoms with Crippen LogP contribution >= 0.6 is 11.3 Å². The van der Waals surface area contributed by atoms with E-state index in [4.69, 9.17) is 4.74 Å². The summed E-state index contributed by atoms with van der Waals surface area (Å²) in [7, 11) is 0. The van der Waals surface area contributed by atoms with Gasteiger partial charge in [0.1, 0.15) is 0 Å². The van der Waals surface area contributed by atoms with E-state index in [1.807, 2.05) is 67.8 Å². The van der Waals surface area contributed by atoms with Crippen LogP contribution in [-0.2, 0) is 14.3 Å². The summed E-state index contributed by atoms with van der Waals surface area (Å²) in [4.78, 5) is 28.1. The van der Waals surface area contributed by atoms with Gasteiger partial charge in [-0.05, 0) is 25.5 Å². The second-order valence-electron chi connectivity index (χ2n) is 6.30. The number of rotatable bonds is 6. The third-order valence-corrected chi connectivity index (χ3v) is 4.69. The first kappa shape index (κ1) is 19.5. The molecule has 0 unspecified atom stereocenters. The molecule has 0 spiro atoms. The highest BCUT2D eigenvalue weighted by Gasteiger charge is 2.10. The molecule has 1 aromatic heterocycles. The lowest BCUT2D eigenvalue weighted by atomic mass is 10.1. The first-order valence-corrected chi connectivity index (χ1v) is 9.61. The van der Waals surface area contributed by atoms with Crippen LogP contribution in [0.4, 0.5) is 5.13 Å². The van der Waals surface area contributed by atoms with Crippen LogP contribution in [0.15, 0.2) is 60.0 Å². The van der Waals surface area contributed by atoms with E-state index in [0.29, 0.717) is 5.13 Å². The molecular weight excluding hydrogens is 372 g/mol. The highest BCUT2D eigenvalue weighted by molar-refractivity contribution is 7.14. The Kier molecular flexibility index (Phi) is 6.34. The van der Waals surface area contributed by atoms with Gasteiger partial charge in [0, 0.05) is 17.0 Å². The van der Waals surface area contributed by atoms with E-state index in [9.17, 15) is 9.59 Å². The van der Waals surface area contributed by atoms with Gasteiger partial charge in [0.2, 0.25) is 0 Å². The maximum Gasteiger partial charge on any atom is 0.331 e. The Bertz CT molecular complexity index is 989. The van der Waals surface area contributed by atoms with Gasteiger partial charge in [0.25, 0.3) is 5.91 Å². The summed E-state index contributed by atoms with van der Waals surface area (Å²) in [6, 6.07) is 15.7. The number of nitrogens with one attached hydrogen (secondary N) is 1. The molecule has 0 aliphatic rings. The average molecular weight is 392 g/mol. The van der Waals surface area contributed by atoms with E-state index in [2.05, 4.69) is 10.3 Å². The fourth-order valence-electron chi connectivity index (χ4n) is 2.37. The number of hydrogen-bond acceptors (Lipinski definition) is 5. The zero-order valence-corrected chi connectivity index (χ0v) is 16.5. The summed E-state index contributed by atoms with van der Waals surface area (Å²) in [6.45, 7) is 3.65. The van der Waals surface area contributed by atoms with Crippen molar-refractivity contribution in [2.45, 2.75) is 13.8 Å². The van der Waals surface area contributed by atoms with Crippen molar-refractivity contribution in [2.24, 2.45) is 0 Å². The maximum atomic E-state index is 12.0. The van der Waals surface area contributed by atoms with E-state index in [-0.39, 0.29) is 6.61 Å². The standard InChI is InChI=1S/C22H20N2O3S/c1-15-3-7-17(8-4-15)9-12-21(26)27-13-20(25)24-22-23-19(14-28-22)18-10-5-16(2)6-11-18/h3-12,14H,13H2,1-2H3,(H,23,24,25)/b12-9+. The maximum absolute atomic E-state index is 12.0. The number of ether oxygens (including phenoxy) is 1. The van der Waals surface area contributed by atoms with Gasteiger partial charge in [-0.1, -0.05) is 59.7 Å². The molecule has 5 nitrogen and oxygen atoms in total. The number of esters is 1. The van der Waals surface area contributed by atoms with Gasteiger partial charge in [-0.3, -0.25) is 10.1 Å². The first-order chi connectivity index (χ1) is 13.5. The fourth-order valence-corrected chi connectivity index (χ4v) is 3.11. The van der Waals surface area contributed by atoms with Crippen LogP contribution in [0.1, 0.15) is 16.7 Å². The lowest BCUT2D eigenvalue weighted by molar-refractivity contribution is -0.142. The molecule has 1 N–H and O–H groups in total. The Balaban J connectivity index is 1.48. The summed E-state index contributed by atoms with van der Waals surface area (Å²) < 4.78 is 4.97. The van der Waals surface area contributed by atoms with Gasteiger partial charge in [0.05, 0.1) is 5.69 Å². The molecule has 2 aromatic carbocycles. The zero-order chi connectivity index (χ0) is 19.9. The van der Waals surface area contributed by atoms with E-state index >= 15 is 0 Å². The van der Waals surface area contributed by atoms with Gasteiger partial charge in [-0.25, -0.2) is 9.78 Å². The van der Waals surface area contributed by atoms with E-state index in [1.54, 1.807) is 6.08 Å². The minimum Gasteiger partial charge on any atom is -0.452 e. The number of hydrogen-bond donors (Lipinski definition) is 1. The Morgan fingerprint density at radius 3 is 2.36 bits per heavy atom. The first-order valence-electron chi connectivity index (χ1n) is 8.73. The number of aromatic nitrogens is 1. The molecule has 0 radical (unpaired) electrons. The average Bonchev–Trinajstić information content (AvgIpc) is 3.15. The molecule has 3 aromatic rings. The van der Waals surface area contributed by atoms with Crippen LogP contribution in [0.2, 0.25) is 0 Å². The second kappa shape index (κ2) is 9.10. The topological polar surface area (TPSA) is 68.3 Å². The number of anilines is 1. The van der Waals surface area contributed by atoms with E-state index < -0.39 is 11.9 Å². The molecule has 0 aliphatic carbocycles. The second-order valence-corrected chi connectivity index (χ2v) is 7.16. The van der Waals surface area contributed by atoms with Crippen molar-refractivity contribution in [2.75, 3.05) is 11.9 Å². The van der Waals surface area contributed by atoms with Gasteiger partial charge < -0.3 is 4.74 Å². The predicted molar refractivity (Wildman–Crippen MR) is 112 cm³/mol. The third kappa shape index (κ3) is 5.62. The normalized spacial score (nSPS) is 10.8. The number of carbonyl (C=O) groups excluding carboxylic acids is 2. The minimum absolute atomic E-state index is 0.365. The quantitative estimate of drug-likeness (QED) is 0.491. The summed E-state index contributed by atoms with van der Waals surface area (Å²) in [6.07, 6.45) is 2.95. The van der Waals surface area contributed by atoms with Crippen LogP contribution < -0.4 is 5.32 Å². The van der Waals surface area contributed by atoms with Crippen molar-refractivity contribution < 1.29 is 14.3 Å². The highest BCUT2D eigenvalue weighted by Crippen LogP contribution is 2.25. The highest BCUT2D eigenvalue weighted by atomic mass is 32.1.